The number of pyridine rings is 2. The first-order chi connectivity index (χ1) is 18.4. The maximum absolute atomic E-state index is 14.8. The molecule has 1 aliphatic carbocycles. The smallest absolute Gasteiger partial charge is 0.407 e. The van der Waals surface area contributed by atoms with Gasteiger partial charge in [-0.25, -0.2) is 9.18 Å². The van der Waals surface area contributed by atoms with Crippen molar-refractivity contribution >= 4 is 39.2 Å². The maximum atomic E-state index is 14.8. The molecule has 0 atom stereocenters. The second kappa shape index (κ2) is 11.1. The molecule has 11 heteroatoms. The van der Waals surface area contributed by atoms with Gasteiger partial charge in [0.05, 0.1) is 33.9 Å². The van der Waals surface area contributed by atoms with E-state index in [1.54, 1.807) is 24.5 Å². The zero-order valence-electron chi connectivity index (χ0n) is 20.5. The van der Waals surface area contributed by atoms with Gasteiger partial charge in [-0.2, -0.15) is 0 Å². The number of anilines is 1. The summed E-state index contributed by atoms with van der Waals surface area (Å²) in [6, 6.07) is 11.6. The lowest BCUT2D eigenvalue weighted by molar-refractivity contribution is -0.117. The molecule has 5 rings (SSSR count). The summed E-state index contributed by atoms with van der Waals surface area (Å²) in [6.45, 7) is 0.769. The van der Waals surface area contributed by atoms with E-state index in [4.69, 9.17) is 9.47 Å². The number of rotatable bonds is 10. The number of halogens is 1. The number of hydrogen-bond donors (Lipinski definition) is 2. The van der Waals surface area contributed by atoms with E-state index < -0.39 is 11.9 Å². The molecule has 38 heavy (non-hydrogen) atoms. The summed E-state index contributed by atoms with van der Waals surface area (Å²) < 4.78 is 26.4. The van der Waals surface area contributed by atoms with Crippen LogP contribution in [-0.4, -0.2) is 52.2 Å². The molecule has 1 aromatic carbocycles. The number of nitrogens with zero attached hydrogens (tertiary/aromatic N) is 3. The number of hydrogen-bond acceptors (Lipinski definition) is 7. The first-order valence-corrected chi connectivity index (χ1v) is 12.8. The number of carbonyl (C=O) groups is 2. The van der Waals surface area contributed by atoms with Crippen molar-refractivity contribution < 1.29 is 28.6 Å². The zero-order valence-corrected chi connectivity index (χ0v) is 21.3. The molecular weight excluding hydrogens is 511 g/mol. The van der Waals surface area contributed by atoms with Gasteiger partial charge in [-0.3, -0.25) is 14.8 Å². The van der Waals surface area contributed by atoms with E-state index in [0.717, 1.165) is 28.0 Å². The molecule has 3 aromatic heterocycles. The van der Waals surface area contributed by atoms with Gasteiger partial charge in [-0.15, -0.1) is 11.3 Å². The van der Waals surface area contributed by atoms with Gasteiger partial charge >= 0.3 is 6.09 Å². The van der Waals surface area contributed by atoms with Crippen LogP contribution in [0.2, 0.25) is 0 Å². The lowest BCUT2D eigenvalue weighted by Gasteiger charge is -2.18. The number of ether oxygens (including phenoxy) is 2. The van der Waals surface area contributed by atoms with Gasteiger partial charge in [0.1, 0.15) is 5.75 Å². The lowest BCUT2D eigenvalue weighted by Crippen LogP contribution is -2.32. The summed E-state index contributed by atoms with van der Waals surface area (Å²) in [5, 5.41) is 12.1. The van der Waals surface area contributed by atoms with Crippen LogP contribution in [-0.2, 0) is 16.1 Å². The fourth-order valence-corrected chi connectivity index (χ4v) is 4.86. The predicted molar refractivity (Wildman–Crippen MR) is 141 cm³/mol. The van der Waals surface area contributed by atoms with Crippen molar-refractivity contribution in [3.8, 4) is 22.1 Å². The third kappa shape index (κ3) is 5.90. The Morgan fingerprint density at radius 3 is 2.68 bits per heavy atom. The fourth-order valence-electron chi connectivity index (χ4n) is 3.82. The Kier molecular flexibility index (Phi) is 7.47. The van der Waals surface area contributed by atoms with E-state index in [0.29, 0.717) is 29.3 Å². The van der Waals surface area contributed by atoms with Gasteiger partial charge in [-0.1, -0.05) is 6.07 Å². The highest BCUT2D eigenvalue weighted by atomic mass is 32.1. The molecule has 0 spiro atoms. The Morgan fingerprint density at radius 1 is 1.16 bits per heavy atom. The van der Waals surface area contributed by atoms with E-state index in [1.165, 1.54) is 35.5 Å². The third-order valence-corrected chi connectivity index (χ3v) is 7.19. The van der Waals surface area contributed by atoms with Crippen molar-refractivity contribution in [2.45, 2.75) is 19.4 Å². The topological polar surface area (TPSA) is 114 Å². The monoisotopic (exact) mass is 536 g/mol. The Labute approximate surface area is 221 Å². The van der Waals surface area contributed by atoms with Crippen LogP contribution < -0.4 is 10.1 Å². The number of carboxylic acid groups (broad SMARTS) is 1. The first-order valence-electron chi connectivity index (χ1n) is 12.0. The molecule has 0 aliphatic heterocycles. The molecule has 0 bridgehead atoms. The molecule has 4 aromatic rings. The molecule has 0 saturated heterocycles. The van der Waals surface area contributed by atoms with Crippen LogP contribution in [0.5, 0.6) is 11.5 Å². The quantitative estimate of drug-likeness (QED) is 0.265. The highest BCUT2D eigenvalue weighted by Gasteiger charge is 2.29. The number of aromatic nitrogens is 2. The van der Waals surface area contributed by atoms with Crippen LogP contribution in [0.1, 0.15) is 18.4 Å². The van der Waals surface area contributed by atoms with Crippen LogP contribution in [0.4, 0.5) is 14.9 Å². The van der Waals surface area contributed by atoms with Crippen LogP contribution in [0.25, 0.3) is 20.8 Å². The van der Waals surface area contributed by atoms with Crippen molar-refractivity contribution in [2.75, 3.05) is 25.6 Å². The van der Waals surface area contributed by atoms with Crippen molar-refractivity contribution in [3.63, 3.8) is 0 Å². The molecule has 0 unspecified atom stereocenters. The molecule has 1 saturated carbocycles. The van der Waals surface area contributed by atoms with Gasteiger partial charge in [-0.05, 0) is 42.7 Å². The number of amides is 2. The van der Waals surface area contributed by atoms with E-state index >= 15 is 0 Å². The second-order valence-corrected chi connectivity index (χ2v) is 9.95. The van der Waals surface area contributed by atoms with E-state index in [9.17, 15) is 19.1 Å². The van der Waals surface area contributed by atoms with Crippen molar-refractivity contribution in [1.82, 2.24) is 14.9 Å². The Morgan fingerprint density at radius 2 is 2.00 bits per heavy atom. The summed E-state index contributed by atoms with van der Waals surface area (Å²) in [7, 11) is 1.52. The molecule has 3 heterocycles. The van der Waals surface area contributed by atoms with Gasteiger partial charge in [0.15, 0.2) is 11.6 Å². The average molecular weight is 537 g/mol. The number of carbonyl (C=O) groups excluding carboxylic acids is 1. The predicted octanol–water partition coefficient (Wildman–Crippen LogP) is 5.76. The SMILES string of the molecule is COCCN(Cc1ccc(-c2cc3nccc(Oc4ccc(NC(=O)C5CC5)cc4F)c3s2)nc1)C(=O)O. The number of methoxy groups -OCH3 is 1. The van der Waals surface area contributed by atoms with Gasteiger partial charge in [0.25, 0.3) is 0 Å². The van der Waals surface area contributed by atoms with Crippen LogP contribution in [0.3, 0.4) is 0 Å². The molecule has 9 nitrogen and oxygen atoms in total. The molecule has 196 valence electrons. The van der Waals surface area contributed by atoms with Crippen molar-refractivity contribution in [2.24, 2.45) is 5.92 Å². The minimum Gasteiger partial charge on any atom is -0.465 e. The number of nitrogens with one attached hydrogen (secondary N) is 1. The standard InChI is InChI=1S/C27H25FN4O5S/c1-36-11-10-32(27(34)35)15-16-2-6-20(30-14-16)24-13-21-25(38-24)23(8-9-29-21)37-22-7-5-18(12-19(22)28)31-26(33)17-3-4-17/h2,5-9,12-14,17H,3-4,10-11,15H2,1H3,(H,31,33)(H,34,35). The Bertz CT molecular complexity index is 1470. The van der Waals surface area contributed by atoms with E-state index in [2.05, 4.69) is 15.3 Å². The van der Waals surface area contributed by atoms with E-state index in [1.807, 2.05) is 18.2 Å². The van der Waals surface area contributed by atoms with Crippen LogP contribution in [0.15, 0.2) is 54.9 Å². The molecule has 2 N–H and O–H groups in total. The molecular formula is C27H25FN4O5S. The largest absolute Gasteiger partial charge is 0.465 e. The second-order valence-electron chi connectivity index (χ2n) is 8.89. The van der Waals surface area contributed by atoms with Gasteiger partial charge in [0, 0.05) is 49.8 Å². The highest BCUT2D eigenvalue weighted by Crippen LogP contribution is 2.39. The summed E-state index contributed by atoms with van der Waals surface area (Å²) in [5.41, 5.74) is 2.52. The maximum Gasteiger partial charge on any atom is 0.407 e. The minimum absolute atomic E-state index is 0.0261. The third-order valence-electron chi connectivity index (χ3n) is 6.03. The van der Waals surface area contributed by atoms with E-state index in [-0.39, 0.29) is 30.7 Å². The summed E-state index contributed by atoms with van der Waals surface area (Å²) >= 11 is 1.41. The zero-order chi connectivity index (χ0) is 26.6. The summed E-state index contributed by atoms with van der Waals surface area (Å²) in [6.07, 6.45) is 3.95. The fraction of sp³-hybridized carbons (Fsp3) is 0.259. The van der Waals surface area contributed by atoms with Crippen LogP contribution in [0, 0.1) is 11.7 Å². The number of benzene rings is 1. The summed E-state index contributed by atoms with van der Waals surface area (Å²) in [4.78, 5) is 34.4. The highest BCUT2D eigenvalue weighted by molar-refractivity contribution is 7.22. The molecule has 0 radical (unpaired) electrons. The molecule has 1 aliphatic rings. The van der Waals surface area contributed by atoms with Crippen LogP contribution >= 0.6 is 11.3 Å². The average Bonchev–Trinajstić information content (AvgIpc) is 3.67. The molecule has 1 fully saturated rings. The van der Waals surface area contributed by atoms with Crippen molar-refractivity contribution in [3.05, 3.63) is 66.2 Å². The van der Waals surface area contributed by atoms with Crippen molar-refractivity contribution in [1.29, 1.82) is 0 Å². The lowest BCUT2D eigenvalue weighted by atomic mass is 10.2. The Hall–Kier alpha value is -4.09. The minimum atomic E-state index is -1.02. The van der Waals surface area contributed by atoms with Gasteiger partial charge < -0.3 is 24.8 Å². The molecule has 2 amide bonds. The first kappa shape index (κ1) is 25.6. The van der Waals surface area contributed by atoms with Gasteiger partial charge in [0.2, 0.25) is 5.91 Å². The summed E-state index contributed by atoms with van der Waals surface area (Å²) in [5.74, 6) is -0.161. The number of fused-ring (bicyclic) bond motifs is 1. The normalized spacial score (nSPS) is 12.9. The Balaban J connectivity index is 1.32. The number of thiophene rings is 1.